The lowest BCUT2D eigenvalue weighted by molar-refractivity contribution is 0.798. The van der Waals surface area contributed by atoms with Crippen LogP contribution in [-0.4, -0.2) is 13.6 Å². The van der Waals surface area contributed by atoms with E-state index in [9.17, 15) is 0 Å². The highest BCUT2D eigenvalue weighted by molar-refractivity contribution is 5.16. The van der Waals surface area contributed by atoms with Crippen LogP contribution in [0.25, 0.3) is 0 Å². The molecule has 0 saturated carbocycles. The second-order valence-corrected chi connectivity index (χ2v) is 3.93. The summed E-state index contributed by atoms with van der Waals surface area (Å²) in [6.45, 7) is 3.29. The van der Waals surface area contributed by atoms with E-state index >= 15 is 0 Å². The molecule has 0 unspecified atom stereocenters. The molecule has 0 heterocycles. The van der Waals surface area contributed by atoms with Crippen LogP contribution in [0, 0.1) is 0 Å². The molecule has 15 heavy (non-hydrogen) atoms. The van der Waals surface area contributed by atoms with E-state index in [1.807, 2.05) is 7.05 Å². The minimum atomic E-state index is 1.07. The maximum atomic E-state index is 3.15. The fraction of sp³-hybridized carbons (Fsp3) is 0.429. The molecule has 0 spiro atoms. The third kappa shape index (κ3) is 5.38. The summed E-state index contributed by atoms with van der Waals surface area (Å²) in [6, 6.07) is 10.7. The molecule has 0 aliphatic heterocycles. The molecule has 1 aromatic rings. The highest BCUT2D eigenvalue weighted by atomic mass is 14.8. The summed E-state index contributed by atoms with van der Waals surface area (Å²) in [7, 11) is 1.99. The lowest BCUT2D eigenvalue weighted by atomic mass is 10.1. The van der Waals surface area contributed by atoms with Gasteiger partial charge in [0.1, 0.15) is 0 Å². The van der Waals surface area contributed by atoms with Crippen LogP contribution in [0.5, 0.6) is 0 Å². The predicted molar refractivity (Wildman–Crippen MR) is 67.1 cm³/mol. The van der Waals surface area contributed by atoms with Crippen molar-refractivity contribution in [2.24, 2.45) is 0 Å². The van der Waals surface area contributed by atoms with E-state index < -0.39 is 0 Å². The normalized spacial score (nSPS) is 11.7. The second-order valence-electron chi connectivity index (χ2n) is 3.93. The van der Waals surface area contributed by atoms with E-state index in [2.05, 4.69) is 48.6 Å². The van der Waals surface area contributed by atoms with E-state index in [-0.39, 0.29) is 0 Å². The maximum absolute atomic E-state index is 3.15. The van der Waals surface area contributed by atoms with Gasteiger partial charge in [0.2, 0.25) is 0 Å². The lowest BCUT2D eigenvalue weighted by Gasteiger charge is -2.02. The van der Waals surface area contributed by atoms with Crippen LogP contribution in [0.2, 0.25) is 0 Å². The Balaban J connectivity index is 2.28. The Bertz CT molecular complexity index is 287. The second kappa shape index (κ2) is 7.24. The van der Waals surface area contributed by atoms with Gasteiger partial charge in [-0.2, -0.15) is 0 Å². The van der Waals surface area contributed by atoms with Crippen LogP contribution >= 0.6 is 0 Å². The Morgan fingerprint density at radius 1 is 1.27 bits per heavy atom. The fourth-order valence-corrected chi connectivity index (χ4v) is 1.55. The van der Waals surface area contributed by atoms with Gasteiger partial charge < -0.3 is 5.32 Å². The molecule has 82 valence electrons. The van der Waals surface area contributed by atoms with Crippen molar-refractivity contribution in [1.29, 1.82) is 0 Å². The largest absolute Gasteiger partial charge is 0.319 e. The molecular formula is C14H21N. The van der Waals surface area contributed by atoms with E-state index in [1.54, 1.807) is 0 Å². The van der Waals surface area contributed by atoms with Gasteiger partial charge in [-0.3, -0.25) is 0 Å². The quantitative estimate of drug-likeness (QED) is 0.553. The Hall–Kier alpha value is -1.08. The van der Waals surface area contributed by atoms with Crippen molar-refractivity contribution < 1.29 is 0 Å². The highest BCUT2D eigenvalue weighted by Gasteiger charge is 1.93. The average molecular weight is 203 g/mol. The third-order valence-corrected chi connectivity index (χ3v) is 2.54. The Morgan fingerprint density at radius 3 is 2.67 bits per heavy atom. The van der Waals surface area contributed by atoms with Crippen molar-refractivity contribution >= 4 is 0 Å². The summed E-state index contributed by atoms with van der Waals surface area (Å²) >= 11 is 0. The van der Waals surface area contributed by atoms with E-state index in [0.29, 0.717) is 0 Å². The fourth-order valence-electron chi connectivity index (χ4n) is 1.55. The van der Waals surface area contributed by atoms with Crippen molar-refractivity contribution in [3.8, 4) is 0 Å². The van der Waals surface area contributed by atoms with Gasteiger partial charge in [-0.05, 0) is 45.3 Å². The first kappa shape index (κ1) is 12.0. The number of hydrogen-bond acceptors (Lipinski definition) is 1. The van der Waals surface area contributed by atoms with Gasteiger partial charge in [0.25, 0.3) is 0 Å². The molecule has 0 atom stereocenters. The molecule has 1 heteroatoms. The standard InChI is InChI=1S/C14H21N/c1-13(7-6-12-15-2)10-11-14-8-4-3-5-9-14/h3-5,7-9,15H,6,10-12H2,1-2H3. The van der Waals surface area contributed by atoms with Gasteiger partial charge >= 0.3 is 0 Å². The molecule has 0 aliphatic carbocycles. The molecule has 1 aromatic carbocycles. The number of nitrogens with one attached hydrogen (secondary N) is 1. The van der Waals surface area contributed by atoms with Gasteiger partial charge in [0, 0.05) is 0 Å². The molecule has 1 N–H and O–H groups in total. The number of rotatable bonds is 6. The first-order valence-electron chi connectivity index (χ1n) is 5.67. The molecule has 1 rings (SSSR count). The summed E-state index contributed by atoms with van der Waals surface area (Å²) in [5.41, 5.74) is 2.92. The summed E-state index contributed by atoms with van der Waals surface area (Å²) in [5.74, 6) is 0. The van der Waals surface area contributed by atoms with E-state index in [1.165, 1.54) is 17.6 Å². The zero-order chi connectivity index (χ0) is 10.9. The van der Waals surface area contributed by atoms with Crippen molar-refractivity contribution in [2.45, 2.75) is 26.2 Å². The molecule has 0 fully saturated rings. The van der Waals surface area contributed by atoms with E-state index in [4.69, 9.17) is 0 Å². The molecule has 0 radical (unpaired) electrons. The van der Waals surface area contributed by atoms with Crippen molar-refractivity contribution in [3.63, 3.8) is 0 Å². The minimum Gasteiger partial charge on any atom is -0.319 e. The van der Waals surface area contributed by atoms with Crippen molar-refractivity contribution in [2.75, 3.05) is 13.6 Å². The number of aryl methyl sites for hydroxylation is 1. The average Bonchev–Trinajstić information content (AvgIpc) is 2.28. The van der Waals surface area contributed by atoms with Crippen molar-refractivity contribution in [1.82, 2.24) is 5.32 Å². The number of allylic oxidation sites excluding steroid dienone is 1. The van der Waals surface area contributed by atoms with Crippen LogP contribution < -0.4 is 5.32 Å². The summed E-state index contributed by atoms with van der Waals surface area (Å²) in [4.78, 5) is 0. The zero-order valence-electron chi connectivity index (χ0n) is 9.79. The van der Waals surface area contributed by atoms with Gasteiger partial charge in [-0.15, -0.1) is 0 Å². The molecule has 0 aromatic heterocycles. The monoisotopic (exact) mass is 203 g/mol. The first-order valence-corrected chi connectivity index (χ1v) is 5.67. The molecule has 0 amide bonds. The number of benzene rings is 1. The zero-order valence-corrected chi connectivity index (χ0v) is 9.79. The van der Waals surface area contributed by atoms with Gasteiger partial charge in [-0.25, -0.2) is 0 Å². The van der Waals surface area contributed by atoms with Gasteiger partial charge in [-0.1, -0.05) is 42.0 Å². The number of hydrogen-bond donors (Lipinski definition) is 1. The topological polar surface area (TPSA) is 12.0 Å². The Morgan fingerprint density at radius 2 is 2.00 bits per heavy atom. The molecule has 1 nitrogen and oxygen atoms in total. The lowest BCUT2D eigenvalue weighted by Crippen LogP contribution is -2.06. The summed E-state index contributed by atoms with van der Waals surface area (Å²) in [5, 5.41) is 3.15. The smallest absolute Gasteiger partial charge is 0.00172 e. The van der Waals surface area contributed by atoms with E-state index in [0.717, 1.165) is 19.4 Å². The van der Waals surface area contributed by atoms with Crippen LogP contribution in [0.15, 0.2) is 42.0 Å². The maximum Gasteiger partial charge on any atom is -0.00172 e. The van der Waals surface area contributed by atoms with Crippen LogP contribution in [0.1, 0.15) is 25.3 Å². The highest BCUT2D eigenvalue weighted by Crippen LogP contribution is 2.08. The Kier molecular flexibility index (Phi) is 5.79. The molecular weight excluding hydrogens is 182 g/mol. The first-order chi connectivity index (χ1) is 7.33. The Labute approximate surface area is 93.2 Å². The van der Waals surface area contributed by atoms with Crippen molar-refractivity contribution in [3.05, 3.63) is 47.5 Å². The van der Waals surface area contributed by atoms with Gasteiger partial charge in [0.15, 0.2) is 0 Å². The molecule has 0 aliphatic rings. The summed E-state index contributed by atoms with van der Waals surface area (Å²) in [6.07, 6.45) is 5.80. The van der Waals surface area contributed by atoms with Crippen LogP contribution in [-0.2, 0) is 6.42 Å². The summed E-state index contributed by atoms with van der Waals surface area (Å²) < 4.78 is 0. The predicted octanol–water partition coefficient (Wildman–Crippen LogP) is 3.18. The van der Waals surface area contributed by atoms with Crippen LogP contribution in [0.4, 0.5) is 0 Å². The third-order valence-electron chi connectivity index (χ3n) is 2.54. The van der Waals surface area contributed by atoms with Gasteiger partial charge in [0.05, 0.1) is 0 Å². The van der Waals surface area contributed by atoms with Crippen LogP contribution in [0.3, 0.4) is 0 Å². The molecule has 0 saturated heterocycles. The SMILES string of the molecule is CNCCC=C(C)CCc1ccccc1. The molecule has 0 bridgehead atoms. The minimum absolute atomic E-state index is 1.07.